The van der Waals surface area contributed by atoms with E-state index >= 15 is 0 Å². The summed E-state index contributed by atoms with van der Waals surface area (Å²) < 4.78 is 2.01. The van der Waals surface area contributed by atoms with E-state index in [9.17, 15) is 0 Å². The van der Waals surface area contributed by atoms with Gasteiger partial charge in [-0.3, -0.25) is 0 Å². The van der Waals surface area contributed by atoms with Gasteiger partial charge in [-0.25, -0.2) is 4.68 Å². The summed E-state index contributed by atoms with van der Waals surface area (Å²) >= 11 is 0. The summed E-state index contributed by atoms with van der Waals surface area (Å²) in [5.74, 6) is 0. The number of aromatic nitrogens is 3. The fraction of sp³-hybridized carbons (Fsp3) is 0.333. The standard InChI is InChI=1S/C9H10N4/c1-2-4-9-8(3-1)11-12-13(9)7-5-10-6-7/h1-4,7,10H,5-6H2. The van der Waals surface area contributed by atoms with Crippen molar-refractivity contribution < 1.29 is 0 Å². The van der Waals surface area contributed by atoms with Crippen LogP contribution in [0.2, 0.25) is 0 Å². The van der Waals surface area contributed by atoms with Crippen LogP contribution in [0.1, 0.15) is 6.04 Å². The Hall–Kier alpha value is -1.42. The molecule has 4 nitrogen and oxygen atoms in total. The van der Waals surface area contributed by atoms with Crippen molar-refractivity contribution in [1.82, 2.24) is 20.3 Å². The summed E-state index contributed by atoms with van der Waals surface area (Å²) in [5.41, 5.74) is 2.11. The van der Waals surface area contributed by atoms with Crippen LogP contribution in [-0.4, -0.2) is 28.1 Å². The van der Waals surface area contributed by atoms with Gasteiger partial charge in [0.05, 0.1) is 11.6 Å². The topological polar surface area (TPSA) is 42.7 Å². The molecule has 1 saturated heterocycles. The van der Waals surface area contributed by atoms with Crippen molar-refractivity contribution in [2.45, 2.75) is 6.04 Å². The zero-order valence-electron chi connectivity index (χ0n) is 7.14. The molecule has 0 bridgehead atoms. The van der Waals surface area contributed by atoms with Crippen LogP contribution >= 0.6 is 0 Å². The summed E-state index contributed by atoms with van der Waals surface area (Å²) in [6, 6.07) is 8.56. The Bertz CT molecular complexity index is 430. The van der Waals surface area contributed by atoms with Crippen molar-refractivity contribution in [2.75, 3.05) is 13.1 Å². The van der Waals surface area contributed by atoms with Gasteiger partial charge in [0.15, 0.2) is 0 Å². The molecule has 0 amide bonds. The van der Waals surface area contributed by atoms with E-state index in [1.165, 1.54) is 0 Å². The minimum atomic E-state index is 0.493. The summed E-state index contributed by atoms with van der Waals surface area (Å²) in [5, 5.41) is 11.5. The smallest absolute Gasteiger partial charge is 0.113 e. The van der Waals surface area contributed by atoms with E-state index in [4.69, 9.17) is 0 Å². The van der Waals surface area contributed by atoms with Gasteiger partial charge in [-0.15, -0.1) is 5.10 Å². The van der Waals surface area contributed by atoms with E-state index in [0.29, 0.717) is 6.04 Å². The Balaban J connectivity index is 2.17. The van der Waals surface area contributed by atoms with Crippen LogP contribution < -0.4 is 5.32 Å². The Labute approximate surface area is 75.5 Å². The summed E-state index contributed by atoms with van der Waals surface area (Å²) in [6.45, 7) is 2.01. The second-order valence-electron chi connectivity index (χ2n) is 3.33. The lowest BCUT2D eigenvalue weighted by atomic mass is 10.2. The number of rotatable bonds is 1. The van der Waals surface area contributed by atoms with Crippen molar-refractivity contribution in [1.29, 1.82) is 0 Å². The zero-order valence-corrected chi connectivity index (χ0v) is 7.14. The number of nitrogens with zero attached hydrogens (tertiary/aromatic N) is 3. The summed E-state index contributed by atoms with van der Waals surface area (Å²) in [7, 11) is 0. The number of nitrogens with one attached hydrogen (secondary N) is 1. The van der Waals surface area contributed by atoms with Crippen LogP contribution in [0.25, 0.3) is 11.0 Å². The second-order valence-corrected chi connectivity index (χ2v) is 3.33. The number of hydrogen-bond acceptors (Lipinski definition) is 3. The lowest BCUT2D eigenvalue weighted by Gasteiger charge is -2.27. The maximum atomic E-state index is 4.14. The van der Waals surface area contributed by atoms with Gasteiger partial charge in [0, 0.05) is 13.1 Å². The van der Waals surface area contributed by atoms with E-state index in [1.54, 1.807) is 0 Å². The Morgan fingerprint density at radius 3 is 2.92 bits per heavy atom. The van der Waals surface area contributed by atoms with Gasteiger partial charge in [-0.1, -0.05) is 17.3 Å². The third-order valence-electron chi connectivity index (χ3n) is 2.48. The molecule has 1 aromatic carbocycles. The highest BCUT2D eigenvalue weighted by atomic mass is 15.5. The van der Waals surface area contributed by atoms with E-state index in [1.807, 2.05) is 22.9 Å². The van der Waals surface area contributed by atoms with Crippen LogP contribution in [-0.2, 0) is 0 Å². The normalized spacial score (nSPS) is 17.5. The highest BCUT2D eigenvalue weighted by molar-refractivity contribution is 5.74. The van der Waals surface area contributed by atoms with Crippen LogP contribution in [0.4, 0.5) is 0 Å². The minimum Gasteiger partial charge on any atom is -0.312 e. The first-order valence-electron chi connectivity index (χ1n) is 4.46. The van der Waals surface area contributed by atoms with Gasteiger partial charge in [-0.05, 0) is 12.1 Å². The molecule has 1 aliphatic rings. The highest BCUT2D eigenvalue weighted by Crippen LogP contribution is 2.17. The van der Waals surface area contributed by atoms with Gasteiger partial charge >= 0.3 is 0 Å². The van der Waals surface area contributed by atoms with Gasteiger partial charge < -0.3 is 5.32 Å². The molecule has 3 rings (SSSR count). The molecule has 0 atom stereocenters. The maximum Gasteiger partial charge on any atom is 0.113 e. The van der Waals surface area contributed by atoms with Crippen LogP contribution in [0.3, 0.4) is 0 Å². The molecule has 1 aromatic heterocycles. The quantitative estimate of drug-likeness (QED) is 0.687. The largest absolute Gasteiger partial charge is 0.312 e. The van der Waals surface area contributed by atoms with Gasteiger partial charge in [0.25, 0.3) is 0 Å². The molecule has 1 aliphatic heterocycles. The molecule has 1 fully saturated rings. The van der Waals surface area contributed by atoms with E-state index in [2.05, 4.69) is 21.7 Å². The minimum absolute atomic E-state index is 0.493. The molecule has 2 heterocycles. The highest BCUT2D eigenvalue weighted by Gasteiger charge is 2.21. The third kappa shape index (κ3) is 0.954. The van der Waals surface area contributed by atoms with Gasteiger partial charge in [0.1, 0.15) is 5.52 Å². The fourth-order valence-electron chi connectivity index (χ4n) is 1.60. The van der Waals surface area contributed by atoms with E-state index < -0.39 is 0 Å². The lowest BCUT2D eigenvalue weighted by Crippen LogP contribution is -2.43. The number of benzene rings is 1. The van der Waals surface area contributed by atoms with Crippen LogP contribution in [0, 0.1) is 0 Å². The van der Waals surface area contributed by atoms with Crippen LogP contribution in [0.5, 0.6) is 0 Å². The Kier molecular flexibility index (Phi) is 1.37. The fourth-order valence-corrected chi connectivity index (χ4v) is 1.60. The molecule has 0 spiro atoms. The average molecular weight is 174 g/mol. The number of hydrogen-bond donors (Lipinski definition) is 1. The number of para-hydroxylation sites is 1. The summed E-state index contributed by atoms with van der Waals surface area (Å²) in [6.07, 6.45) is 0. The molecule has 0 unspecified atom stereocenters. The Morgan fingerprint density at radius 1 is 1.31 bits per heavy atom. The first-order valence-corrected chi connectivity index (χ1v) is 4.46. The molecule has 13 heavy (non-hydrogen) atoms. The number of fused-ring (bicyclic) bond motifs is 1. The predicted molar refractivity (Wildman–Crippen MR) is 49.4 cm³/mol. The van der Waals surface area contributed by atoms with Crippen molar-refractivity contribution >= 4 is 11.0 Å². The molecule has 1 N–H and O–H groups in total. The Morgan fingerprint density at radius 2 is 2.15 bits per heavy atom. The molecule has 0 saturated carbocycles. The first-order chi connectivity index (χ1) is 6.45. The summed E-state index contributed by atoms with van der Waals surface area (Å²) in [4.78, 5) is 0. The second kappa shape index (κ2) is 2.53. The molecule has 66 valence electrons. The zero-order chi connectivity index (χ0) is 8.67. The van der Waals surface area contributed by atoms with Crippen molar-refractivity contribution in [3.05, 3.63) is 24.3 Å². The van der Waals surface area contributed by atoms with Crippen molar-refractivity contribution in [3.63, 3.8) is 0 Å². The van der Waals surface area contributed by atoms with E-state index in [0.717, 1.165) is 24.1 Å². The third-order valence-corrected chi connectivity index (χ3v) is 2.48. The SMILES string of the molecule is c1ccc2c(c1)nnn2C1CNC1. The molecule has 4 heteroatoms. The van der Waals surface area contributed by atoms with Crippen molar-refractivity contribution in [3.8, 4) is 0 Å². The van der Waals surface area contributed by atoms with Gasteiger partial charge in [-0.2, -0.15) is 0 Å². The monoisotopic (exact) mass is 174 g/mol. The lowest BCUT2D eigenvalue weighted by molar-refractivity contribution is 0.320. The van der Waals surface area contributed by atoms with E-state index in [-0.39, 0.29) is 0 Å². The van der Waals surface area contributed by atoms with Crippen LogP contribution in [0.15, 0.2) is 24.3 Å². The van der Waals surface area contributed by atoms with Gasteiger partial charge in [0.2, 0.25) is 0 Å². The van der Waals surface area contributed by atoms with Crippen molar-refractivity contribution in [2.24, 2.45) is 0 Å². The predicted octanol–water partition coefficient (Wildman–Crippen LogP) is 0.576. The molecule has 0 aliphatic carbocycles. The average Bonchev–Trinajstić information content (AvgIpc) is 2.47. The molecular weight excluding hydrogens is 164 g/mol. The molecule has 0 radical (unpaired) electrons. The molecular formula is C9H10N4. The first kappa shape index (κ1) is 7.03. The maximum absolute atomic E-state index is 4.14. The molecule has 2 aromatic rings.